The second kappa shape index (κ2) is 8.11. The van der Waals surface area contributed by atoms with Crippen LogP contribution in [-0.2, 0) is 0 Å². The first kappa shape index (κ1) is 17.4. The number of aryl methyl sites for hydroxylation is 2. The Morgan fingerprint density at radius 2 is 2.00 bits per heavy atom. The largest absolute Gasteiger partial charge is 0.367 e. The number of benzene rings is 1. The van der Waals surface area contributed by atoms with Crippen LogP contribution in [0.2, 0.25) is 0 Å². The third kappa shape index (κ3) is 4.56. The molecule has 3 N–H and O–H groups in total. The highest BCUT2D eigenvalue weighted by atomic mass is 16.2. The van der Waals surface area contributed by atoms with Crippen LogP contribution in [0.5, 0.6) is 0 Å². The standard InChI is InChI=1S/C18H21N7O/c1-13-4-5-15(14(2)12-13)22-18(26)20-10-9-19-16-6-7-17(24-23-16)25-11-3-8-21-25/h3-8,11-12H,9-10H2,1-2H3,(H,19,23)(H2,20,22,26). The fourth-order valence-corrected chi connectivity index (χ4v) is 2.43. The molecule has 1 aromatic carbocycles. The first-order valence-corrected chi connectivity index (χ1v) is 8.31. The van der Waals surface area contributed by atoms with Crippen molar-refractivity contribution in [2.75, 3.05) is 23.7 Å². The van der Waals surface area contributed by atoms with E-state index in [0.29, 0.717) is 24.7 Å². The number of rotatable bonds is 6. The molecule has 134 valence electrons. The zero-order valence-corrected chi connectivity index (χ0v) is 14.7. The molecule has 3 rings (SSSR count). The first-order chi connectivity index (χ1) is 12.6. The summed E-state index contributed by atoms with van der Waals surface area (Å²) in [5.41, 5.74) is 3.00. The summed E-state index contributed by atoms with van der Waals surface area (Å²) in [6, 6.07) is 11.1. The van der Waals surface area contributed by atoms with Gasteiger partial charge in [0.2, 0.25) is 0 Å². The van der Waals surface area contributed by atoms with Gasteiger partial charge in [0.1, 0.15) is 5.82 Å². The number of amides is 2. The Bertz CT molecular complexity index is 860. The summed E-state index contributed by atoms with van der Waals surface area (Å²) in [4.78, 5) is 11.9. The number of anilines is 2. The minimum atomic E-state index is -0.237. The lowest BCUT2D eigenvalue weighted by Crippen LogP contribution is -2.33. The van der Waals surface area contributed by atoms with Gasteiger partial charge in [0, 0.05) is 31.2 Å². The van der Waals surface area contributed by atoms with E-state index in [1.807, 2.05) is 50.2 Å². The summed E-state index contributed by atoms with van der Waals surface area (Å²) >= 11 is 0. The van der Waals surface area contributed by atoms with Crippen molar-refractivity contribution in [2.24, 2.45) is 0 Å². The Labute approximate surface area is 151 Å². The molecule has 0 bridgehead atoms. The number of aromatic nitrogens is 4. The predicted molar refractivity (Wildman–Crippen MR) is 101 cm³/mol. The molecule has 8 nitrogen and oxygen atoms in total. The van der Waals surface area contributed by atoms with Crippen LogP contribution in [0.15, 0.2) is 48.8 Å². The Hall–Kier alpha value is -3.42. The van der Waals surface area contributed by atoms with Crippen LogP contribution < -0.4 is 16.0 Å². The molecule has 2 amide bonds. The number of hydrogen-bond acceptors (Lipinski definition) is 5. The van der Waals surface area contributed by atoms with Gasteiger partial charge < -0.3 is 16.0 Å². The molecule has 0 spiro atoms. The summed E-state index contributed by atoms with van der Waals surface area (Å²) in [6.07, 6.45) is 3.48. The molecule has 0 aliphatic heterocycles. The quantitative estimate of drug-likeness (QED) is 0.593. The van der Waals surface area contributed by atoms with Crippen molar-refractivity contribution in [2.45, 2.75) is 13.8 Å². The van der Waals surface area contributed by atoms with Crippen molar-refractivity contribution in [3.63, 3.8) is 0 Å². The Morgan fingerprint density at radius 1 is 1.12 bits per heavy atom. The molecule has 0 radical (unpaired) electrons. The van der Waals surface area contributed by atoms with E-state index in [-0.39, 0.29) is 6.03 Å². The molecule has 26 heavy (non-hydrogen) atoms. The third-order valence-corrected chi connectivity index (χ3v) is 3.74. The maximum absolute atomic E-state index is 11.9. The molecule has 0 fully saturated rings. The van der Waals surface area contributed by atoms with Crippen LogP contribution in [0.25, 0.3) is 5.82 Å². The summed E-state index contributed by atoms with van der Waals surface area (Å²) in [5.74, 6) is 1.28. The van der Waals surface area contributed by atoms with Crippen molar-refractivity contribution in [1.29, 1.82) is 0 Å². The van der Waals surface area contributed by atoms with Gasteiger partial charge in [-0.1, -0.05) is 17.7 Å². The van der Waals surface area contributed by atoms with Gasteiger partial charge in [-0.3, -0.25) is 0 Å². The number of carbonyl (C=O) groups is 1. The molecule has 0 atom stereocenters. The van der Waals surface area contributed by atoms with E-state index in [0.717, 1.165) is 16.8 Å². The molecule has 0 aliphatic carbocycles. The molecule has 3 aromatic rings. The van der Waals surface area contributed by atoms with Crippen LogP contribution >= 0.6 is 0 Å². The average molecular weight is 351 g/mol. The van der Waals surface area contributed by atoms with Crippen molar-refractivity contribution < 1.29 is 4.79 Å². The van der Waals surface area contributed by atoms with Crippen LogP contribution in [0.1, 0.15) is 11.1 Å². The van der Waals surface area contributed by atoms with Crippen LogP contribution in [-0.4, -0.2) is 39.1 Å². The summed E-state index contributed by atoms with van der Waals surface area (Å²) in [7, 11) is 0. The van der Waals surface area contributed by atoms with Gasteiger partial charge in [0.25, 0.3) is 0 Å². The molecule has 8 heteroatoms. The molecular formula is C18H21N7O. The number of nitrogens with one attached hydrogen (secondary N) is 3. The lowest BCUT2D eigenvalue weighted by atomic mass is 10.1. The van der Waals surface area contributed by atoms with E-state index in [2.05, 4.69) is 31.2 Å². The smallest absolute Gasteiger partial charge is 0.319 e. The van der Waals surface area contributed by atoms with E-state index >= 15 is 0 Å². The monoisotopic (exact) mass is 351 g/mol. The Morgan fingerprint density at radius 3 is 2.69 bits per heavy atom. The number of carbonyl (C=O) groups excluding carboxylic acids is 1. The predicted octanol–water partition coefficient (Wildman–Crippen LogP) is 2.51. The molecule has 0 saturated carbocycles. The molecule has 2 heterocycles. The van der Waals surface area contributed by atoms with Crippen molar-refractivity contribution in [3.05, 3.63) is 59.9 Å². The Balaban J connectivity index is 1.41. The van der Waals surface area contributed by atoms with E-state index in [4.69, 9.17) is 0 Å². The lowest BCUT2D eigenvalue weighted by Gasteiger charge is -2.11. The van der Waals surface area contributed by atoms with E-state index in [1.54, 1.807) is 17.1 Å². The molecular weight excluding hydrogens is 330 g/mol. The minimum absolute atomic E-state index is 0.237. The summed E-state index contributed by atoms with van der Waals surface area (Å²) in [6.45, 7) is 4.98. The molecule has 0 unspecified atom stereocenters. The fraction of sp³-hybridized carbons (Fsp3) is 0.222. The minimum Gasteiger partial charge on any atom is -0.367 e. The average Bonchev–Trinajstić information content (AvgIpc) is 3.16. The maximum atomic E-state index is 11.9. The van der Waals surface area contributed by atoms with E-state index < -0.39 is 0 Å². The van der Waals surface area contributed by atoms with Crippen LogP contribution in [0.4, 0.5) is 16.3 Å². The lowest BCUT2D eigenvalue weighted by molar-refractivity contribution is 0.252. The third-order valence-electron chi connectivity index (χ3n) is 3.74. The van der Waals surface area contributed by atoms with Crippen LogP contribution in [0.3, 0.4) is 0 Å². The molecule has 0 saturated heterocycles. The van der Waals surface area contributed by atoms with Gasteiger partial charge in [-0.25, -0.2) is 9.48 Å². The van der Waals surface area contributed by atoms with Gasteiger partial charge in [-0.05, 0) is 43.7 Å². The van der Waals surface area contributed by atoms with Gasteiger partial charge in [-0.15, -0.1) is 10.2 Å². The maximum Gasteiger partial charge on any atom is 0.319 e. The number of urea groups is 1. The fourth-order valence-electron chi connectivity index (χ4n) is 2.43. The van der Waals surface area contributed by atoms with Crippen molar-refractivity contribution in [3.8, 4) is 5.82 Å². The molecule has 0 aliphatic rings. The highest BCUT2D eigenvalue weighted by Gasteiger charge is 2.04. The first-order valence-electron chi connectivity index (χ1n) is 8.31. The van der Waals surface area contributed by atoms with Gasteiger partial charge in [0.05, 0.1) is 0 Å². The van der Waals surface area contributed by atoms with Gasteiger partial charge >= 0.3 is 6.03 Å². The second-order valence-corrected chi connectivity index (χ2v) is 5.85. The van der Waals surface area contributed by atoms with Crippen molar-refractivity contribution in [1.82, 2.24) is 25.3 Å². The number of nitrogens with zero attached hydrogens (tertiary/aromatic N) is 4. The molecule has 2 aromatic heterocycles. The summed E-state index contributed by atoms with van der Waals surface area (Å²) in [5, 5.41) is 21.0. The van der Waals surface area contributed by atoms with E-state index in [9.17, 15) is 4.79 Å². The highest BCUT2D eigenvalue weighted by molar-refractivity contribution is 5.90. The SMILES string of the molecule is Cc1ccc(NC(=O)NCCNc2ccc(-n3cccn3)nn2)c(C)c1. The van der Waals surface area contributed by atoms with E-state index in [1.165, 1.54) is 0 Å². The van der Waals surface area contributed by atoms with Gasteiger partial charge in [-0.2, -0.15) is 5.10 Å². The number of hydrogen-bond donors (Lipinski definition) is 3. The second-order valence-electron chi connectivity index (χ2n) is 5.85. The highest BCUT2D eigenvalue weighted by Crippen LogP contribution is 2.15. The normalized spacial score (nSPS) is 10.4. The van der Waals surface area contributed by atoms with Crippen LogP contribution in [0, 0.1) is 13.8 Å². The van der Waals surface area contributed by atoms with Crippen molar-refractivity contribution >= 4 is 17.5 Å². The van der Waals surface area contributed by atoms with Gasteiger partial charge in [0.15, 0.2) is 5.82 Å². The topological polar surface area (TPSA) is 96.8 Å². The zero-order valence-electron chi connectivity index (χ0n) is 14.7. The zero-order chi connectivity index (χ0) is 18.4. The Kier molecular flexibility index (Phi) is 5.43. The summed E-state index contributed by atoms with van der Waals surface area (Å²) < 4.78 is 1.63.